The Morgan fingerprint density at radius 2 is 2.06 bits per heavy atom. The van der Waals surface area contributed by atoms with Crippen molar-refractivity contribution >= 4 is 43.5 Å². The first kappa shape index (κ1) is 14.1. The Labute approximate surface area is 128 Å². The minimum atomic E-state index is -0.0497. The van der Waals surface area contributed by atoms with Crippen LogP contribution in [0, 0.1) is 0 Å². The Balaban J connectivity index is 2.44. The van der Waals surface area contributed by atoms with E-state index >= 15 is 0 Å². The zero-order valence-electron chi connectivity index (χ0n) is 9.71. The quantitative estimate of drug-likeness (QED) is 0.776. The molecule has 1 heterocycles. The molecule has 2 aromatic rings. The second-order valence-electron chi connectivity index (χ2n) is 3.78. The molecule has 5 heteroatoms. The topological polar surface area (TPSA) is 25.2 Å². The maximum atomic E-state index is 6.34. The van der Waals surface area contributed by atoms with Gasteiger partial charge >= 0.3 is 0 Å². The molecule has 18 heavy (non-hydrogen) atoms. The Hall–Kier alpha value is -0.290. The molecule has 1 N–H and O–H groups in total. The summed E-state index contributed by atoms with van der Waals surface area (Å²) >= 11 is 13.1. The fourth-order valence-corrected chi connectivity index (χ4v) is 2.73. The van der Waals surface area contributed by atoms with E-state index in [2.05, 4.69) is 44.1 Å². The summed E-state index contributed by atoms with van der Waals surface area (Å²) in [6.07, 6.45) is 0. The number of benzene rings is 1. The van der Waals surface area contributed by atoms with Gasteiger partial charge < -0.3 is 9.73 Å². The van der Waals surface area contributed by atoms with Crippen LogP contribution in [0.4, 0.5) is 0 Å². The van der Waals surface area contributed by atoms with Crippen LogP contribution < -0.4 is 5.32 Å². The molecular formula is C13H12Br2ClNO. The Morgan fingerprint density at radius 3 is 2.67 bits per heavy atom. The second kappa shape index (κ2) is 6.24. The van der Waals surface area contributed by atoms with Crippen LogP contribution in [0.15, 0.2) is 43.9 Å². The number of rotatable bonds is 4. The van der Waals surface area contributed by atoms with Gasteiger partial charge in [0.1, 0.15) is 5.76 Å². The van der Waals surface area contributed by atoms with E-state index in [1.165, 1.54) is 0 Å². The molecule has 2 nitrogen and oxygen atoms in total. The molecule has 0 aliphatic rings. The Bertz CT molecular complexity index is 542. The van der Waals surface area contributed by atoms with Gasteiger partial charge in [-0.3, -0.25) is 0 Å². The van der Waals surface area contributed by atoms with Crippen molar-refractivity contribution < 1.29 is 4.42 Å². The highest BCUT2D eigenvalue weighted by molar-refractivity contribution is 9.10. The largest absolute Gasteiger partial charge is 0.452 e. The third kappa shape index (κ3) is 2.99. The van der Waals surface area contributed by atoms with Crippen molar-refractivity contribution in [3.05, 3.63) is 55.8 Å². The summed E-state index contributed by atoms with van der Waals surface area (Å²) in [5.74, 6) is 0.837. The summed E-state index contributed by atoms with van der Waals surface area (Å²) in [6, 6.07) is 9.66. The summed E-state index contributed by atoms with van der Waals surface area (Å²) < 4.78 is 7.23. The Morgan fingerprint density at radius 1 is 1.28 bits per heavy atom. The molecule has 1 aromatic carbocycles. The lowest BCUT2D eigenvalue weighted by Gasteiger charge is -2.18. The van der Waals surface area contributed by atoms with Crippen LogP contribution in [0.3, 0.4) is 0 Å². The average Bonchev–Trinajstić information content (AvgIpc) is 2.77. The second-order valence-corrected chi connectivity index (χ2v) is 5.79. The lowest BCUT2D eigenvalue weighted by atomic mass is 10.0. The molecule has 0 aliphatic carbocycles. The van der Waals surface area contributed by atoms with E-state index in [1.807, 2.05) is 30.3 Å². The predicted molar refractivity (Wildman–Crippen MR) is 81.1 cm³/mol. The van der Waals surface area contributed by atoms with Crippen molar-refractivity contribution in [3.63, 3.8) is 0 Å². The van der Waals surface area contributed by atoms with Crippen molar-refractivity contribution in [1.82, 2.24) is 5.32 Å². The van der Waals surface area contributed by atoms with Gasteiger partial charge in [-0.25, -0.2) is 0 Å². The van der Waals surface area contributed by atoms with E-state index in [-0.39, 0.29) is 6.04 Å². The van der Waals surface area contributed by atoms with Gasteiger partial charge in [-0.1, -0.05) is 30.7 Å². The average molecular weight is 394 g/mol. The summed E-state index contributed by atoms with van der Waals surface area (Å²) in [5.41, 5.74) is 0.995. The maximum Gasteiger partial charge on any atom is 0.169 e. The summed E-state index contributed by atoms with van der Waals surface area (Å²) in [4.78, 5) is 0. The predicted octanol–water partition coefficient (Wildman–Crippen LogP) is 5.16. The number of nitrogens with one attached hydrogen (secondary N) is 1. The van der Waals surface area contributed by atoms with Crippen molar-refractivity contribution in [2.75, 3.05) is 6.54 Å². The van der Waals surface area contributed by atoms with E-state index in [1.54, 1.807) is 0 Å². The van der Waals surface area contributed by atoms with Crippen LogP contribution in [0.2, 0.25) is 5.02 Å². The summed E-state index contributed by atoms with van der Waals surface area (Å²) in [7, 11) is 0. The molecule has 2 rings (SSSR count). The van der Waals surface area contributed by atoms with Crippen molar-refractivity contribution in [1.29, 1.82) is 0 Å². The minimum absolute atomic E-state index is 0.0497. The van der Waals surface area contributed by atoms with Crippen LogP contribution in [0.25, 0.3) is 0 Å². The van der Waals surface area contributed by atoms with E-state index in [4.69, 9.17) is 16.0 Å². The molecule has 1 atom stereocenters. The summed E-state index contributed by atoms with van der Waals surface area (Å²) in [6.45, 7) is 2.88. The third-order valence-electron chi connectivity index (χ3n) is 2.58. The lowest BCUT2D eigenvalue weighted by Crippen LogP contribution is -2.21. The van der Waals surface area contributed by atoms with Crippen molar-refractivity contribution in [2.45, 2.75) is 13.0 Å². The maximum absolute atomic E-state index is 6.34. The van der Waals surface area contributed by atoms with Gasteiger partial charge in [0.2, 0.25) is 0 Å². The molecule has 0 bridgehead atoms. The number of hydrogen-bond donors (Lipinski definition) is 1. The van der Waals surface area contributed by atoms with E-state index in [0.717, 1.165) is 22.3 Å². The first-order valence-electron chi connectivity index (χ1n) is 5.56. The SMILES string of the molecule is CCNC(c1ccc(Br)o1)c1cccc(Br)c1Cl. The molecule has 0 spiro atoms. The number of halogens is 3. The molecule has 0 aliphatic heterocycles. The molecule has 1 aromatic heterocycles. The van der Waals surface area contributed by atoms with E-state index in [0.29, 0.717) is 9.69 Å². The fourth-order valence-electron chi connectivity index (χ4n) is 1.79. The highest BCUT2D eigenvalue weighted by atomic mass is 79.9. The minimum Gasteiger partial charge on any atom is -0.452 e. The third-order valence-corrected chi connectivity index (χ3v) is 4.32. The molecule has 0 saturated heterocycles. The molecule has 1 unspecified atom stereocenters. The molecule has 0 saturated carbocycles. The standard InChI is InChI=1S/C13H12Br2ClNO/c1-2-17-13(10-6-7-11(15)18-10)8-4-3-5-9(14)12(8)16/h3-7,13,17H,2H2,1H3. The van der Waals surface area contributed by atoms with Gasteiger partial charge in [-0.15, -0.1) is 0 Å². The summed E-state index contributed by atoms with van der Waals surface area (Å²) in [5, 5.41) is 4.08. The Kier molecular flexibility index (Phi) is 4.90. The molecule has 96 valence electrons. The first-order chi connectivity index (χ1) is 8.63. The van der Waals surface area contributed by atoms with Gasteiger partial charge in [-0.05, 0) is 62.2 Å². The number of hydrogen-bond acceptors (Lipinski definition) is 2. The van der Waals surface area contributed by atoms with Crippen LogP contribution in [-0.4, -0.2) is 6.54 Å². The van der Waals surface area contributed by atoms with Crippen LogP contribution in [0.5, 0.6) is 0 Å². The monoisotopic (exact) mass is 391 g/mol. The van der Waals surface area contributed by atoms with Gasteiger partial charge in [0.25, 0.3) is 0 Å². The fraction of sp³-hybridized carbons (Fsp3) is 0.231. The zero-order chi connectivity index (χ0) is 13.1. The van der Waals surface area contributed by atoms with Crippen LogP contribution in [0.1, 0.15) is 24.3 Å². The van der Waals surface area contributed by atoms with Gasteiger partial charge in [0.05, 0.1) is 11.1 Å². The highest BCUT2D eigenvalue weighted by Crippen LogP contribution is 2.34. The van der Waals surface area contributed by atoms with E-state index in [9.17, 15) is 0 Å². The normalized spacial score (nSPS) is 12.7. The smallest absolute Gasteiger partial charge is 0.169 e. The van der Waals surface area contributed by atoms with Crippen molar-refractivity contribution in [2.24, 2.45) is 0 Å². The van der Waals surface area contributed by atoms with Gasteiger partial charge in [0.15, 0.2) is 4.67 Å². The zero-order valence-corrected chi connectivity index (χ0v) is 13.6. The lowest BCUT2D eigenvalue weighted by molar-refractivity contribution is 0.437. The number of furan rings is 1. The molecule has 0 amide bonds. The van der Waals surface area contributed by atoms with Gasteiger partial charge in [-0.2, -0.15) is 0 Å². The van der Waals surface area contributed by atoms with Crippen molar-refractivity contribution in [3.8, 4) is 0 Å². The van der Waals surface area contributed by atoms with Crippen LogP contribution >= 0.6 is 43.5 Å². The van der Waals surface area contributed by atoms with Crippen LogP contribution in [-0.2, 0) is 0 Å². The van der Waals surface area contributed by atoms with Gasteiger partial charge in [0, 0.05) is 4.47 Å². The molecule has 0 fully saturated rings. The molecule has 0 radical (unpaired) electrons. The highest BCUT2D eigenvalue weighted by Gasteiger charge is 2.20. The first-order valence-corrected chi connectivity index (χ1v) is 7.52. The van der Waals surface area contributed by atoms with E-state index < -0.39 is 0 Å². The molecular weight excluding hydrogens is 381 g/mol.